The summed E-state index contributed by atoms with van der Waals surface area (Å²) in [6.07, 6.45) is 11.1. The standard InChI is InChI=1S/C21H25Cl2NO2/c1-6-24-20(25)12-15(3)9-7-8-14(2)10-11-17-18(22)13-19(26-5)16(4)21(17)23/h7-13H,6H2,1-5H3,(H,24,25)/b9-7+,11-10+,14-8+,15-12+. The fourth-order valence-corrected chi connectivity index (χ4v) is 2.75. The van der Waals surface area contributed by atoms with Crippen molar-refractivity contribution in [3.63, 3.8) is 0 Å². The van der Waals surface area contributed by atoms with Crippen LogP contribution in [0.25, 0.3) is 6.08 Å². The monoisotopic (exact) mass is 393 g/mol. The molecule has 0 fully saturated rings. The van der Waals surface area contributed by atoms with E-state index in [0.717, 1.165) is 22.3 Å². The Kier molecular flexibility index (Phi) is 9.25. The van der Waals surface area contributed by atoms with E-state index in [2.05, 4.69) is 5.32 Å². The van der Waals surface area contributed by atoms with Gasteiger partial charge < -0.3 is 10.1 Å². The van der Waals surface area contributed by atoms with Crippen LogP contribution in [-0.2, 0) is 4.79 Å². The number of likely N-dealkylation sites (N-methyl/N-ethyl adjacent to an activating group) is 1. The Labute approximate surface area is 166 Å². The van der Waals surface area contributed by atoms with Gasteiger partial charge >= 0.3 is 0 Å². The molecule has 0 saturated heterocycles. The molecule has 0 aromatic heterocycles. The number of nitrogens with one attached hydrogen (secondary N) is 1. The first-order valence-corrected chi connectivity index (χ1v) is 9.07. The van der Waals surface area contributed by atoms with E-state index in [1.54, 1.807) is 19.3 Å². The molecule has 0 unspecified atom stereocenters. The number of rotatable bonds is 7. The number of hydrogen-bond donors (Lipinski definition) is 1. The minimum absolute atomic E-state index is 0.0885. The molecule has 0 atom stereocenters. The number of allylic oxidation sites excluding steroid dienone is 6. The highest BCUT2D eigenvalue weighted by atomic mass is 35.5. The van der Waals surface area contributed by atoms with Gasteiger partial charge in [-0.05, 0) is 39.3 Å². The van der Waals surface area contributed by atoms with Crippen molar-refractivity contribution in [1.29, 1.82) is 0 Å². The second-order valence-corrected chi connectivity index (χ2v) is 6.58. The highest BCUT2D eigenvalue weighted by molar-refractivity contribution is 6.38. The number of hydrogen-bond acceptors (Lipinski definition) is 2. The Morgan fingerprint density at radius 1 is 1.23 bits per heavy atom. The quantitative estimate of drug-likeness (QED) is 0.461. The number of halogens is 2. The molecule has 0 aliphatic rings. The number of carbonyl (C=O) groups is 1. The van der Waals surface area contributed by atoms with Gasteiger partial charge in [-0.1, -0.05) is 59.2 Å². The first-order chi connectivity index (χ1) is 12.3. The molecule has 0 heterocycles. The third kappa shape index (κ3) is 6.74. The second-order valence-electron chi connectivity index (χ2n) is 5.80. The van der Waals surface area contributed by atoms with Crippen LogP contribution in [0.5, 0.6) is 5.75 Å². The van der Waals surface area contributed by atoms with Crippen LogP contribution in [0.1, 0.15) is 31.9 Å². The van der Waals surface area contributed by atoms with E-state index in [9.17, 15) is 4.79 Å². The van der Waals surface area contributed by atoms with Crippen LogP contribution < -0.4 is 10.1 Å². The predicted molar refractivity (Wildman–Crippen MR) is 112 cm³/mol. The van der Waals surface area contributed by atoms with E-state index in [1.165, 1.54) is 0 Å². The molecule has 26 heavy (non-hydrogen) atoms. The van der Waals surface area contributed by atoms with E-state index < -0.39 is 0 Å². The van der Waals surface area contributed by atoms with E-state index in [0.29, 0.717) is 22.3 Å². The van der Waals surface area contributed by atoms with Gasteiger partial charge in [0.15, 0.2) is 0 Å². The van der Waals surface area contributed by atoms with Crippen molar-refractivity contribution >= 4 is 35.2 Å². The zero-order chi connectivity index (χ0) is 19.7. The first kappa shape index (κ1) is 22.1. The summed E-state index contributed by atoms with van der Waals surface area (Å²) in [7, 11) is 1.59. The van der Waals surface area contributed by atoms with Gasteiger partial charge in [0.05, 0.1) is 17.2 Å². The molecule has 0 saturated carbocycles. The molecule has 1 amide bonds. The van der Waals surface area contributed by atoms with E-state index in [1.807, 2.05) is 58.1 Å². The van der Waals surface area contributed by atoms with Gasteiger partial charge in [0, 0.05) is 23.7 Å². The van der Waals surface area contributed by atoms with Crippen molar-refractivity contribution in [2.24, 2.45) is 0 Å². The molecule has 1 aromatic carbocycles. The van der Waals surface area contributed by atoms with Crippen LogP contribution in [0, 0.1) is 6.92 Å². The molecule has 0 bridgehead atoms. The molecular weight excluding hydrogens is 369 g/mol. The largest absolute Gasteiger partial charge is 0.496 e. The van der Waals surface area contributed by atoms with Gasteiger partial charge in [0.25, 0.3) is 0 Å². The van der Waals surface area contributed by atoms with Crippen molar-refractivity contribution in [1.82, 2.24) is 5.32 Å². The van der Waals surface area contributed by atoms with Crippen LogP contribution in [-0.4, -0.2) is 19.6 Å². The normalized spacial score (nSPS) is 12.9. The van der Waals surface area contributed by atoms with Gasteiger partial charge in [-0.25, -0.2) is 0 Å². The summed E-state index contributed by atoms with van der Waals surface area (Å²) in [6.45, 7) is 8.25. The number of amides is 1. The SMILES string of the molecule is CCNC(=O)/C=C(C)/C=C/C=C(C)/C=C/c1c(Cl)cc(OC)c(C)c1Cl. The Morgan fingerprint density at radius 3 is 2.54 bits per heavy atom. The van der Waals surface area contributed by atoms with Crippen LogP contribution in [0.3, 0.4) is 0 Å². The lowest BCUT2D eigenvalue weighted by Crippen LogP contribution is -2.20. The van der Waals surface area contributed by atoms with Crippen LogP contribution in [0.2, 0.25) is 10.0 Å². The van der Waals surface area contributed by atoms with Gasteiger partial charge in [-0.15, -0.1) is 0 Å². The zero-order valence-corrected chi connectivity index (χ0v) is 17.3. The predicted octanol–water partition coefficient (Wildman–Crippen LogP) is 5.91. The fourth-order valence-electron chi connectivity index (χ4n) is 2.18. The Balaban J connectivity index is 2.89. The smallest absolute Gasteiger partial charge is 0.244 e. The number of carbonyl (C=O) groups excluding carboxylic acids is 1. The zero-order valence-electron chi connectivity index (χ0n) is 15.8. The summed E-state index contributed by atoms with van der Waals surface area (Å²) in [5.41, 5.74) is 3.51. The molecule has 0 radical (unpaired) electrons. The van der Waals surface area contributed by atoms with Gasteiger partial charge in [-0.2, -0.15) is 0 Å². The van der Waals surface area contributed by atoms with E-state index in [4.69, 9.17) is 27.9 Å². The maximum atomic E-state index is 11.5. The molecule has 0 spiro atoms. The lowest BCUT2D eigenvalue weighted by Gasteiger charge is -2.10. The van der Waals surface area contributed by atoms with E-state index >= 15 is 0 Å². The molecule has 5 heteroatoms. The van der Waals surface area contributed by atoms with Crippen molar-refractivity contribution in [3.05, 3.63) is 68.8 Å². The van der Waals surface area contributed by atoms with Gasteiger partial charge in [-0.3, -0.25) is 4.79 Å². The summed E-state index contributed by atoms with van der Waals surface area (Å²) in [4.78, 5) is 11.5. The lowest BCUT2D eigenvalue weighted by molar-refractivity contribution is -0.116. The van der Waals surface area contributed by atoms with Gasteiger partial charge in [0.1, 0.15) is 5.75 Å². The number of ether oxygens (including phenoxy) is 1. The van der Waals surface area contributed by atoms with Crippen molar-refractivity contribution in [2.75, 3.05) is 13.7 Å². The van der Waals surface area contributed by atoms with Crippen LogP contribution in [0.4, 0.5) is 0 Å². The molecule has 3 nitrogen and oxygen atoms in total. The summed E-state index contributed by atoms with van der Waals surface area (Å²) in [5.74, 6) is 0.580. The van der Waals surface area contributed by atoms with Crippen LogP contribution >= 0.6 is 23.2 Å². The summed E-state index contributed by atoms with van der Waals surface area (Å²) in [5, 5.41) is 3.85. The fraction of sp³-hybridized carbons (Fsp3) is 0.286. The average molecular weight is 394 g/mol. The molecular formula is C21H25Cl2NO2. The molecule has 1 N–H and O–H groups in total. The second kappa shape index (κ2) is 10.9. The molecule has 1 rings (SSSR count). The van der Waals surface area contributed by atoms with Crippen molar-refractivity contribution < 1.29 is 9.53 Å². The van der Waals surface area contributed by atoms with Crippen LogP contribution in [0.15, 0.2) is 47.6 Å². The highest BCUT2D eigenvalue weighted by Crippen LogP contribution is 2.35. The molecule has 0 aliphatic carbocycles. The van der Waals surface area contributed by atoms with Gasteiger partial charge in [0.2, 0.25) is 5.91 Å². The lowest BCUT2D eigenvalue weighted by atomic mass is 10.1. The third-order valence-corrected chi connectivity index (χ3v) is 4.41. The average Bonchev–Trinajstić information content (AvgIpc) is 2.58. The summed E-state index contributed by atoms with van der Waals surface area (Å²) < 4.78 is 5.26. The van der Waals surface area contributed by atoms with Crippen molar-refractivity contribution in [3.8, 4) is 5.75 Å². The molecule has 1 aromatic rings. The topological polar surface area (TPSA) is 38.3 Å². The summed E-state index contributed by atoms with van der Waals surface area (Å²) >= 11 is 12.7. The Morgan fingerprint density at radius 2 is 1.92 bits per heavy atom. The molecule has 140 valence electrons. The highest BCUT2D eigenvalue weighted by Gasteiger charge is 2.11. The third-order valence-electron chi connectivity index (χ3n) is 3.61. The van der Waals surface area contributed by atoms with E-state index in [-0.39, 0.29) is 5.91 Å². The maximum Gasteiger partial charge on any atom is 0.244 e. The Hall–Kier alpha value is -1.97. The number of methoxy groups -OCH3 is 1. The van der Waals surface area contributed by atoms with Crippen molar-refractivity contribution in [2.45, 2.75) is 27.7 Å². The maximum absolute atomic E-state index is 11.5. The number of benzene rings is 1. The minimum Gasteiger partial charge on any atom is -0.496 e. The summed E-state index contributed by atoms with van der Waals surface area (Å²) in [6, 6.07) is 1.76. The Bertz CT molecular complexity index is 775. The minimum atomic E-state index is -0.0885. The molecule has 0 aliphatic heterocycles. The first-order valence-electron chi connectivity index (χ1n) is 8.31.